The monoisotopic (exact) mass is 380 g/mol. The number of carbonyl (C=O) groups excluding carboxylic acids is 1. The van der Waals surface area contributed by atoms with Crippen molar-refractivity contribution in [2.75, 3.05) is 13.1 Å². The lowest BCUT2D eigenvalue weighted by molar-refractivity contribution is 0.0694. The van der Waals surface area contributed by atoms with E-state index in [1.165, 1.54) is 0 Å². The maximum absolute atomic E-state index is 12.8. The summed E-state index contributed by atoms with van der Waals surface area (Å²) in [4.78, 5) is 19.6. The Morgan fingerprint density at radius 2 is 2.04 bits per heavy atom. The van der Waals surface area contributed by atoms with Crippen molar-refractivity contribution in [1.29, 1.82) is 0 Å². The standard InChI is InChI=1S/C21H21ClN4O/c1-25-20(10-11-23-25)21(27)26-12-4-6-16(14-26)19-9-3-8-18(24-19)15-5-2-7-17(22)13-15/h2-3,5,7-11,13,16H,4,6,12,14H2,1H3/t16-/m1/s1. The number of amides is 1. The lowest BCUT2D eigenvalue weighted by Crippen LogP contribution is -2.40. The Labute approximate surface area is 163 Å². The molecule has 6 heteroatoms. The first-order valence-electron chi connectivity index (χ1n) is 9.12. The molecule has 138 valence electrons. The average molecular weight is 381 g/mol. The third kappa shape index (κ3) is 3.74. The molecule has 3 aromatic rings. The second-order valence-electron chi connectivity index (χ2n) is 6.89. The van der Waals surface area contributed by atoms with Gasteiger partial charge in [0, 0.05) is 48.5 Å². The number of piperidine rings is 1. The molecule has 3 heterocycles. The van der Waals surface area contributed by atoms with Crippen LogP contribution in [0.1, 0.15) is 34.9 Å². The van der Waals surface area contributed by atoms with Gasteiger partial charge >= 0.3 is 0 Å². The van der Waals surface area contributed by atoms with Crippen molar-refractivity contribution in [3.05, 3.63) is 71.1 Å². The first-order valence-corrected chi connectivity index (χ1v) is 9.50. The van der Waals surface area contributed by atoms with Gasteiger partial charge in [0.1, 0.15) is 5.69 Å². The average Bonchev–Trinajstić information content (AvgIpc) is 3.13. The topological polar surface area (TPSA) is 51.0 Å². The Morgan fingerprint density at radius 1 is 1.19 bits per heavy atom. The minimum Gasteiger partial charge on any atom is -0.337 e. The molecule has 1 aromatic carbocycles. The van der Waals surface area contributed by atoms with Gasteiger partial charge in [-0.15, -0.1) is 0 Å². The Morgan fingerprint density at radius 3 is 2.81 bits per heavy atom. The van der Waals surface area contributed by atoms with Gasteiger partial charge in [0.05, 0.1) is 5.69 Å². The molecular weight excluding hydrogens is 360 g/mol. The molecule has 0 bridgehead atoms. The SMILES string of the molecule is Cn1nccc1C(=O)N1CCC[C@@H](c2cccc(-c3cccc(Cl)c3)n2)C1. The number of aromatic nitrogens is 3. The van der Waals surface area contributed by atoms with E-state index in [4.69, 9.17) is 16.6 Å². The minimum atomic E-state index is 0.0331. The lowest BCUT2D eigenvalue weighted by atomic mass is 9.93. The summed E-state index contributed by atoms with van der Waals surface area (Å²) in [5.74, 6) is 0.265. The molecular formula is C21H21ClN4O. The number of pyridine rings is 1. The number of benzene rings is 1. The first kappa shape index (κ1) is 17.7. The second kappa shape index (κ2) is 7.53. The Hall–Kier alpha value is -2.66. The summed E-state index contributed by atoms with van der Waals surface area (Å²) in [6.07, 6.45) is 3.66. The van der Waals surface area contributed by atoms with Gasteiger partial charge in [-0.1, -0.05) is 29.8 Å². The van der Waals surface area contributed by atoms with Crippen LogP contribution in [-0.4, -0.2) is 38.7 Å². The molecule has 1 fully saturated rings. The van der Waals surface area contributed by atoms with Crippen LogP contribution in [0, 0.1) is 0 Å². The highest BCUT2D eigenvalue weighted by Crippen LogP contribution is 2.29. The maximum Gasteiger partial charge on any atom is 0.272 e. The van der Waals surface area contributed by atoms with Crippen LogP contribution in [0.15, 0.2) is 54.7 Å². The smallest absolute Gasteiger partial charge is 0.272 e. The van der Waals surface area contributed by atoms with Crippen molar-refractivity contribution >= 4 is 17.5 Å². The minimum absolute atomic E-state index is 0.0331. The molecule has 1 saturated heterocycles. The highest BCUT2D eigenvalue weighted by Gasteiger charge is 2.27. The molecule has 0 radical (unpaired) electrons. The summed E-state index contributed by atoms with van der Waals surface area (Å²) in [6, 6.07) is 15.6. The van der Waals surface area contributed by atoms with Gasteiger partial charge in [-0.25, -0.2) is 0 Å². The van der Waals surface area contributed by atoms with Crippen LogP contribution in [0.4, 0.5) is 0 Å². The molecule has 27 heavy (non-hydrogen) atoms. The molecule has 1 atom stereocenters. The lowest BCUT2D eigenvalue weighted by Gasteiger charge is -2.32. The van der Waals surface area contributed by atoms with E-state index in [0.717, 1.165) is 36.3 Å². The maximum atomic E-state index is 12.8. The molecule has 0 unspecified atom stereocenters. The van der Waals surface area contributed by atoms with Crippen LogP contribution in [0.3, 0.4) is 0 Å². The van der Waals surface area contributed by atoms with Gasteiger partial charge in [-0.05, 0) is 43.2 Å². The summed E-state index contributed by atoms with van der Waals surface area (Å²) >= 11 is 6.12. The number of carbonyl (C=O) groups is 1. The van der Waals surface area contributed by atoms with E-state index in [2.05, 4.69) is 11.2 Å². The zero-order chi connectivity index (χ0) is 18.8. The zero-order valence-electron chi connectivity index (χ0n) is 15.2. The van der Waals surface area contributed by atoms with Gasteiger partial charge in [0.25, 0.3) is 5.91 Å². The quantitative estimate of drug-likeness (QED) is 0.685. The summed E-state index contributed by atoms with van der Waals surface area (Å²) < 4.78 is 1.63. The number of aryl methyl sites for hydroxylation is 1. The van der Waals surface area contributed by atoms with E-state index in [9.17, 15) is 4.79 Å². The van der Waals surface area contributed by atoms with Crippen molar-refractivity contribution in [1.82, 2.24) is 19.7 Å². The van der Waals surface area contributed by atoms with Crippen LogP contribution in [0.25, 0.3) is 11.3 Å². The van der Waals surface area contributed by atoms with E-state index in [-0.39, 0.29) is 11.8 Å². The summed E-state index contributed by atoms with van der Waals surface area (Å²) in [7, 11) is 1.80. The predicted molar refractivity (Wildman–Crippen MR) is 106 cm³/mol. The third-order valence-electron chi connectivity index (χ3n) is 5.06. The number of nitrogens with zero attached hydrogens (tertiary/aromatic N) is 4. The van der Waals surface area contributed by atoms with E-state index in [1.54, 1.807) is 24.0 Å². The van der Waals surface area contributed by atoms with Gasteiger partial charge < -0.3 is 4.90 Å². The van der Waals surface area contributed by atoms with E-state index in [1.807, 2.05) is 41.3 Å². The van der Waals surface area contributed by atoms with Crippen LogP contribution in [0.5, 0.6) is 0 Å². The van der Waals surface area contributed by atoms with Crippen molar-refractivity contribution in [2.24, 2.45) is 7.05 Å². The zero-order valence-corrected chi connectivity index (χ0v) is 15.9. The van der Waals surface area contributed by atoms with Gasteiger partial charge in [0.15, 0.2) is 0 Å². The molecule has 1 amide bonds. The van der Waals surface area contributed by atoms with E-state index in [0.29, 0.717) is 17.3 Å². The first-order chi connectivity index (χ1) is 13.1. The summed E-state index contributed by atoms with van der Waals surface area (Å²) in [6.45, 7) is 1.45. The number of rotatable bonds is 3. The highest BCUT2D eigenvalue weighted by molar-refractivity contribution is 6.30. The van der Waals surface area contributed by atoms with Crippen LogP contribution < -0.4 is 0 Å². The molecule has 4 rings (SSSR count). The Balaban J connectivity index is 1.56. The molecule has 1 aliphatic heterocycles. The van der Waals surface area contributed by atoms with E-state index < -0.39 is 0 Å². The van der Waals surface area contributed by atoms with Crippen molar-refractivity contribution in [3.8, 4) is 11.3 Å². The largest absolute Gasteiger partial charge is 0.337 e. The van der Waals surface area contributed by atoms with Gasteiger partial charge in [0.2, 0.25) is 0 Å². The van der Waals surface area contributed by atoms with Crippen LogP contribution >= 0.6 is 11.6 Å². The van der Waals surface area contributed by atoms with E-state index >= 15 is 0 Å². The molecule has 5 nitrogen and oxygen atoms in total. The molecule has 0 spiro atoms. The fourth-order valence-corrected chi connectivity index (χ4v) is 3.83. The van der Waals surface area contributed by atoms with Crippen LogP contribution in [0.2, 0.25) is 5.02 Å². The van der Waals surface area contributed by atoms with Gasteiger partial charge in [-0.3, -0.25) is 14.5 Å². The highest BCUT2D eigenvalue weighted by atomic mass is 35.5. The summed E-state index contributed by atoms with van der Waals surface area (Å²) in [5, 5.41) is 4.81. The molecule has 2 aromatic heterocycles. The Kier molecular flexibility index (Phi) is 4.94. The Bertz CT molecular complexity index is 968. The number of likely N-dealkylation sites (tertiary alicyclic amines) is 1. The van der Waals surface area contributed by atoms with Crippen LogP contribution in [-0.2, 0) is 7.05 Å². The number of hydrogen-bond donors (Lipinski definition) is 0. The number of hydrogen-bond acceptors (Lipinski definition) is 3. The predicted octanol–water partition coefficient (Wildman–Crippen LogP) is 4.16. The fraction of sp³-hybridized carbons (Fsp3) is 0.286. The molecule has 1 aliphatic rings. The molecule has 0 N–H and O–H groups in total. The molecule has 0 saturated carbocycles. The fourth-order valence-electron chi connectivity index (χ4n) is 3.64. The van der Waals surface area contributed by atoms with Crippen molar-refractivity contribution < 1.29 is 4.79 Å². The van der Waals surface area contributed by atoms with Crippen molar-refractivity contribution in [2.45, 2.75) is 18.8 Å². The number of halogens is 1. The van der Waals surface area contributed by atoms with Crippen molar-refractivity contribution in [3.63, 3.8) is 0 Å². The second-order valence-corrected chi connectivity index (χ2v) is 7.32. The summed E-state index contributed by atoms with van der Waals surface area (Å²) in [5.41, 5.74) is 3.55. The third-order valence-corrected chi connectivity index (χ3v) is 5.29. The molecule has 0 aliphatic carbocycles. The van der Waals surface area contributed by atoms with Gasteiger partial charge in [-0.2, -0.15) is 5.10 Å². The normalized spacial score (nSPS) is 17.1.